The van der Waals surface area contributed by atoms with Gasteiger partial charge in [-0.2, -0.15) is 0 Å². The van der Waals surface area contributed by atoms with Gasteiger partial charge < -0.3 is 18.6 Å². The quantitative estimate of drug-likeness (QED) is 0.152. The summed E-state index contributed by atoms with van der Waals surface area (Å²) in [6.45, 7) is 0. The predicted octanol–water partition coefficient (Wildman–Crippen LogP) is 21.6. The number of hydrogen-bond donors (Lipinski definition) is 0. The molecule has 6 heteroatoms. The van der Waals surface area contributed by atoms with E-state index in [1.165, 1.54) is 62.6 Å². The highest BCUT2D eigenvalue weighted by Gasteiger charge is 2.26. The van der Waals surface area contributed by atoms with Crippen molar-refractivity contribution in [2.24, 2.45) is 0 Å². The maximum Gasteiger partial charge on any atom is 0.137 e. The van der Waals surface area contributed by atoms with Crippen molar-refractivity contribution < 1.29 is 8.83 Å². The van der Waals surface area contributed by atoms with Crippen LogP contribution < -0.4 is 9.80 Å². The fourth-order valence-corrected chi connectivity index (χ4v) is 14.0. The molecule has 0 aliphatic carbocycles. The van der Waals surface area contributed by atoms with Crippen LogP contribution in [0.5, 0.6) is 0 Å². The molecule has 16 aromatic rings. The molecule has 12 aromatic carbocycles. The SMILES string of the molecule is c1ccc(-c2ccc3sc4ccccc4c3c2N(c2ccccc2)c2ccc3c(c2)oc2cc4cc5c(cc4cc23)oc2cc(N(c3ccccc3)c3c(-c4ccccc4)ccc4sc6ccccc6c34)ccc25)cc1. The zero-order valence-corrected chi connectivity index (χ0v) is 42.4. The second-order valence-electron chi connectivity index (χ2n) is 19.5. The molecule has 0 saturated heterocycles. The van der Waals surface area contributed by atoms with Gasteiger partial charge in [-0.05, 0) is 119 Å². The van der Waals surface area contributed by atoms with Gasteiger partial charge in [-0.1, -0.05) is 146 Å². The summed E-state index contributed by atoms with van der Waals surface area (Å²) < 4.78 is 18.9. The molecule has 4 nitrogen and oxygen atoms in total. The summed E-state index contributed by atoms with van der Waals surface area (Å²) in [7, 11) is 0. The molecule has 0 bridgehead atoms. The molecule has 76 heavy (non-hydrogen) atoms. The molecule has 0 radical (unpaired) electrons. The number of anilines is 6. The monoisotopic (exact) mass is 1010 g/mol. The highest BCUT2D eigenvalue weighted by atomic mass is 32.1. The van der Waals surface area contributed by atoms with Crippen LogP contribution in [-0.4, -0.2) is 0 Å². The lowest BCUT2D eigenvalue weighted by atomic mass is 9.97. The van der Waals surface area contributed by atoms with E-state index in [4.69, 9.17) is 8.83 Å². The Hall–Kier alpha value is -9.46. The summed E-state index contributed by atoms with van der Waals surface area (Å²) in [5.74, 6) is 0. The summed E-state index contributed by atoms with van der Waals surface area (Å²) in [4.78, 5) is 4.84. The largest absolute Gasteiger partial charge is 0.456 e. The summed E-state index contributed by atoms with van der Waals surface area (Å²) in [5, 5.41) is 11.4. The maximum atomic E-state index is 6.93. The second kappa shape index (κ2) is 17.0. The minimum atomic E-state index is 0.832. The van der Waals surface area contributed by atoms with E-state index in [0.29, 0.717) is 0 Å². The molecular weight excluding hydrogens is 965 g/mol. The summed E-state index contributed by atoms with van der Waals surface area (Å²) in [6.07, 6.45) is 0. The van der Waals surface area contributed by atoms with Crippen molar-refractivity contribution in [1.82, 2.24) is 0 Å². The molecule has 0 saturated carbocycles. The van der Waals surface area contributed by atoms with Crippen molar-refractivity contribution in [3.05, 3.63) is 255 Å². The molecule has 0 spiro atoms. The van der Waals surface area contributed by atoms with E-state index in [1.54, 1.807) is 0 Å². The Morgan fingerprint density at radius 3 is 1.08 bits per heavy atom. The van der Waals surface area contributed by atoms with E-state index in [0.717, 1.165) is 88.8 Å². The van der Waals surface area contributed by atoms with Crippen LogP contribution in [0.4, 0.5) is 34.1 Å². The first kappa shape index (κ1) is 43.0. The number of fused-ring (bicyclic) bond motifs is 13. The van der Waals surface area contributed by atoms with Crippen LogP contribution in [0.25, 0.3) is 117 Å². The molecule has 0 aliphatic rings. The van der Waals surface area contributed by atoms with Crippen LogP contribution in [0.3, 0.4) is 0 Å². The number of rotatable bonds is 8. The highest BCUT2D eigenvalue weighted by Crippen LogP contribution is 2.52. The summed E-state index contributed by atoms with van der Waals surface area (Å²) >= 11 is 3.68. The number of para-hydroxylation sites is 2. The Labute approximate surface area is 444 Å². The van der Waals surface area contributed by atoms with Crippen molar-refractivity contribution >= 4 is 152 Å². The maximum absolute atomic E-state index is 6.93. The number of benzene rings is 12. The number of hydrogen-bond acceptors (Lipinski definition) is 6. The summed E-state index contributed by atoms with van der Waals surface area (Å²) in [5.41, 5.74) is 14.5. The zero-order valence-electron chi connectivity index (χ0n) is 40.8. The molecule has 0 fully saturated rings. The van der Waals surface area contributed by atoms with Gasteiger partial charge in [0.1, 0.15) is 22.3 Å². The Bertz CT molecular complexity index is 4630. The standard InChI is InChI=1S/C70H42N2O2S2/c1-5-17-43(18-6-1)51-33-35-65-67(55-25-13-15-27-63(55)75-65)69(51)71(47-21-9-3-10-22-47)49-29-31-53-57-37-45-40-60-58(38-46(45)39-59(57)73-61(53)41-49)54-32-30-50(42-62(54)74-60)72(48-23-11-4-12-24-48)70-52(44-19-7-2-8-20-44)34-36-66-68(70)56-26-14-16-28-64(56)76-66/h1-42H. The molecule has 0 unspecified atom stereocenters. The minimum absolute atomic E-state index is 0.832. The third-order valence-corrected chi connectivity index (χ3v) is 17.5. The van der Waals surface area contributed by atoms with E-state index in [-0.39, 0.29) is 0 Å². The molecule has 0 N–H and O–H groups in total. The van der Waals surface area contributed by atoms with Gasteiger partial charge in [0.2, 0.25) is 0 Å². The molecule has 0 amide bonds. The van der Waals surface area contributed by atoms with E-state index >= 15 is 0 Å². The van der Waals surface area contributed by atoms with Crippen molar-refractivity contribution in [2.45, 2.75) is 0 Å². The first-order chi connectivity index (χ1) is 37.7. The van der Waals surface area contributed by atoms with Crippen molar-refractivity contribution in [3.8, 4) is 22.3 Å². The van der Waals surface area contributed by atoms with Crippen LogP contribution in [0, 0.1) is 0 Å². The van der Waals surface area contributed by atoms with Crippen molar-refractivity contribution in [1.29, 1.82) is 0 Å². The minimum Gasteiger partial charge on any atom is -0.456 e. The highest BCUT2D eigenvalue weighted by molar-refractivity contribution is 7.26. The number of furan rings is 2. The van der Waals surface area contributed by atoms with E-state index in [9.17, 15) is 0 Å². The van der Waals surface area contributed by atoms with Crippen LogP contribution >= 0.6 is 22.7 Å². The average molecular weight is 1010 g/mol. The average Bonchev–Trinajstić information content (AvgIpc) is 4.32. The van der Waals surface area contributed by atoms with E-state index < -0.39 is 0 Å². The Morgan fingerprint density at radius 2 is 0.645 bits per heavy atom. The van der Waals surface area contributed by atoms with Crippen LogP contribution in [-0.2, 0) is 0 Å². The molecule has 16 rings (SSSR count). The molecule has 0 aliphatic heterocycles. The number of thiophene rings is 2. The van der Waals surface area contributed by atoms with Gasteiger partial charge in [-0.15, -0.1) is 22.7 Å². The van der Waals surface area contributed by atoms with E-state index in [2.05, 4.69) is 265 Å². The molecule has 4 heterocycles. The van der Waals surface area contributed by atoms with E-state index in [1.807, 2.05) is 22.7 Å². The lowest BCUT2D eigenvalue weighted by molar-refractivity contribution is 0.668. The Morgan fingerprint density at radius 1 is 0.263 bits per heavy atom. The topological polar surface area (TPSA) is 32.8 Å². The van der Waals surface area contributed by atoms with Gasteiger partial charge in [-0.3, -0.25) is 0 Å². The van der Waals surface area contributed by atoms with Crippen LogP contribution in [0.2, 0.25) is 0 Å². The molecule has 0 atom stereocenters. The lowest BCUT2D eigenvalue weighted by Gasteiger charge is -2.29. The van der Waals surface area contributed by atoms with Gasteiger partial charge in [-0.25, -0.2) is 0 Å². The predicted molar refractivity (Wildman–Crippen MR) is 325 cm³/mol. The second-order valence-corrected chi connectivity index (χ2v) is 21.7. The van der Waals surface area contributed by atoms with Gasteiger partial charge in [0.15, 0.2) is 0 Å². The lowest BCUT2D eigenvalue weighted by Crippen LogP contribution is -2.11. The van der Waals surface area contributed by atoms with Crippen molar-refractivity contribution in [2.75, 3.05) is 9.80 Å². The fraction of sp³-hybridized carbons (Fsp3) is 0. The van der Waals surface area contributed by atoms with Crippen LogP contribution in [0.15, 0.2) is 264 Å². The van der Waals surface area contributed by atoms with Gasteiger partial charge >= 0.3 is 0 Å². The first-order valence-electron chi connectivity index (χ1n) is 25.6. The molecular formula is C70H42N2O2S2. The molecule has 4 aromatic heterocycles. The smallest absolute Gasteiger partial charge is 0.137 e. The zero-order chi connectivity index (χ0) is 49.8. The Balaban J connectivity index is 0.844. The van der Waals surface area contributed by atoms with Gasteiger partial charge in [0.25, 0.3) is 0 Å². The fourth-order valence-electron chi connectivity index (χ4n) is 11.8. The molecule has 356 valence electrons. The first-order valence-corrected chi connectivity index (χ1v) is 27.3. The third kappa shape index (κ3) is 6.75. The Kier molecular flexibility index (Phi) is 9.64. The van der Waals surface area contributed by atoms with Crippen LogP contribution in [0.1, 0.15) is 0 Å². The third-order valence-electron chi connectivity index (χ3n) is 15.2. The summed E-state index contributed by atoms with van der Waals surface area (Å²) in [6, 6.07) is 92.0. The number of nitrogens with zero attached hydrogens (tertiary/aromatic N) is 2. The van der Waals surface area contributed by atoms with Gasteiger partial charge in [0.05, 0.1) is 11.4 Å². The normalized spacial score (nSPS) is 11.9. The van der Waals surface area contributed by atoms with Gasteiger partial charge in [0, 0.05) is 108 Å². The van der Waals surface area contributed by atoms with Crippen molar-refractivity contribution in [3.63, 3.8) is 0 Å².